The second-order valence-electron chi connectivity index (χ2n) is 13.7. The van der Waals surface area contributed by atoms with Gasteiger partial charge < -0.3 is 4.90 Å². The van der Waals surface area contributed by atoms with Crippen LogP contribution in [0.4, 0.5) is 17.1 Å². The van der Waals surface area contributed by atoms with Crippen molar-refractivity contribution in [2.45, 2.75) is 0 Å². The SMILES string of the molecule is c1ccc(-c2ccc(N(c3ccc(-c4ccc5ccccc5c4-c4ccccc4-c4ccccc4)cc3)c3cccc4c3sc3ccccc34)cc2)cc1. The van der Waals surface area contributed by atoms with E-state index >= 15 is 0 Å². The van der Waals surface area contributed by atoms with Crippen molar-refractivity contribution in [3.8, 4) is 44.5 Å². The molecule has 0 radical (unpaired) electrons. The van der Waals surface area contributed by atoms with Gasteiger partial charge in [-0.25, -0.2) is 0 Å². The lowest BCUT2D eigenvalue weighted by Gasteiger charge is -2.27. The van der Waals surface area contributed by atoms with Crippen molar-refractivity contribution in [3.63, 3.8) is 0 Å². The van der Waals surface area contributed by atoms with Crippen LogP contribution in [0.2, 0.25) is 0 Å². The van der Waals surface area contributed by atoms with Crippen molar-refractivity contribution >= 4 is 59.3 Å². The van der Waals surface area contributed by atoms with Crippen LogP contribution in [0.3, 0.4) is 0 Å². The smallest absolute Gasteiger partial charge is 0.0640 e. The van der Waals surface area contributed by atoms with Crippen molar-refractivity contribution in [2.24, 2.45) is 0 Å². The Morgan fingerprint density at radius 2 is 0.852 bits per heavy atom. The lowest BCUT2D eigenvalue weighted by Crippen LogP contribution is -2.10. The summed E-state index contributed by atoms with van der Waals surface area (Å²) < 4.78 is 2.58. The standard InChI is InChI=1S/C52H35NS/c1-3-14-36(15-4-1)37-26-31-41(32-27-37)53(49-24-13-23-48-46-21-11-12-25-50(46)54-52(48)49)42-33-28-40(29-34-42)45-35-30-39-18-7-8-20-44(39)51(45)47-22-10-9-19-43(47)38-16-5-2-6-17-38/h1-35H. The molecule has 1 aromatic heterocycles. The van der Waals surface area contributed by atoms with E-state index in [2.05, 4.69) is 217 Å². The van der Waals surface area contributed by atoms with E-state index in [9.17, 15) is 0 Å². The molecule has 0 amide bonds. The number of hydrogen-bond acceptors (Lipinski definition) is 2. The summed E-state index contributed by atoms with van der Waals surface area (Å²) in [5.41, 5.74) is 13.2. The number of benzene rings is 9. The summed E-state index contributed by atoms with van der Waals surface area (Å²) in [7, 11) is 0. The number of rotatable bonds is 7. The van der Waals surface area contributed by atoms with Gasteiger partial charge in [0.25, 0.3) is 0 Å². The van der Waals surface area contributed by atoms with Crippen LogP contribution in [0.5, 0.6) is 0 Å². The average molecular weight is 706 g/mol. The van der Waals surface area contributed by atoms with Crippen LogP contribution in [0, 0.1) is 0 Å². The molecule has 10 aromatic rings. The van der Waals surface area contributed by atoms with Crippen LogP contribution in [0.25, 0.3) is 75.5 Å². The zero-order chi connectivity index (χ0) is 35.8. The van der Waals surface area contributed by atoms with E-state index in [1.54, 1.807) is 0 Å². The van der Waals surface area contributed by atoms with Crippen LogP contribution >= 0.6 is 11.3 Å². The molecule has 0 fully saturated rings. The van der Waals surface area contributed by atoms with Gasteiger partial charge in [0.05, 0.1) is 10.4 Å². The summed E-state index contributed by atoms with van der Waals surface area (Å²) in [4.78, 5) is 2.42. The van der Waals surface area contributed by atoms with E-state index in [0.717, 1.165) is 11.4 Å². The first kappa shape index (κ1) is 32.0. The Kier molecular flexibility index (Phi) is 8.09. The number of hydrogen-bond donors (Lipinski definition) is 0. The fourth-order valence-corrected chi connectivity index (χ4v) is 9.14. The molecule has 1 heterocycles. The normalized spacial score (nSPS) is 11.3. The lowest BCUT2D eigenvalue weighted by atomic mass is 9.86. The van der Waals surface area contributed by atoms with E-state index in [1.807, 2.05) is 11.3 Å². The highest BCUT2D eigenvalue weighted by Crippen LogP contribution is 2.47. The minimum atomic E-state index is 1.11. The van der Waals surface area contributed by atoms with E-state index < -0.39 is 0 Å². The fraction of sp³-hybridized carbons (Fsp3) is 0. The maximum absolute atomic E-state index is 2.42. The third-order valence-corrected chi connectivity index (χ3v) is 11.7. The Morgan fingerprint density at radius 1 is 0.315 bits per heavy atom. The Hall–Kier alpha value is -6.74. The molecule has 0 unspecified atom stereocenters. The zero-order valence-corrected chi connectivity index (χ0v) is 30.4. The zero-order valence-electron chi connectivity index (χ0n) is 29.6. The minimum absolute atomic E-state index is 1.11. The molecular formula is C52H35NS. The quantitative estimate of drug-likeness (QED) is 0.160. The van der Waals surface area contributed by atoms with Crippen LogP contribution in [-0.4, -0.2) is 0 Å². The monoisotopic (exact) mass is 705 g/mol. The van der Waals surface area contributed by atoms with Crippen molar-refractivity contribution in [1.82, 2.24) is 0 Å². The Morgan fingerprint density at radius 3 is 1.59 bits per heavy atom. The molecule has 254 valence electrons. The molecule has 9 aromatic carbocycles. The van der Waals surface area contributed by atoms with E-state index in [-0.39, 0.29) is 0 Å². The molecular weight excluding hydrogens is 671 g/mol. The summed E-state index contributed by atoms with van der Waals surface area (Å²) in [5, 5.41) is 5.07. The minimum Gasteiger partial charge on any atom is -0.309 e. The van der Waals surface area contributed by atoms with E-state index in [4.69, 9.17) is 0 Å². The Labute approximate surface area is 319 Å². The Bertz CT molecular complexity index is 2910. The molecule has 1 nitrogen and oxygen atoms in total. The van der Waals surface area contributed by atoms with Crippen LogP contribution < -0.4 is 4.90 Å². The maximum Gasteiger partial charge on any atom is 0.0640 e. The second kappa shape index (κ2) is 13.7. The first-order chi connectivity index (χ1) is 26.8. The molecule has 0 bridgehead atoms. The molecule has 0 aliphatic heterocycles. The number of fused-ring (bicyclic) bond motifs is 4. The average Bonchev–Trinajstić information content (AvgIpc) is 3.64. The van der Waals surface area contributed by atoms with Crippen LogP contribution in [0.15, 0.2) is 212 Å². The van der Waals surface area contributed by atoms with Gasteiger partial charge >= 0.3 is 0 Å². The van der Waals surface area contributed by atoms with Crippen molar-refractivity contribution < 1.29 is 0 Å². The third-order valence-electron chi connectivity index (χ3n) is 10.5. The number of nitrogens with zero attached hydrogens (tertiary/aromatic N) is 1. The van der Waals surface area contributed by atoms with Crippen LogP contribution in [0.1, 0.15) is 0 Å². The largest absolute Gasteiger partial charge is 0.309 e. The second-order valence-corrected chi connectivity index (χ2v) is 14.7. The van der Waals surface area contributed by atoms with Gasteiger partial charge in [-0.1, -0.05) is 176 Å². The highest BCUT2D eigenvalue weighted by atomic mass is 32.1. The maximum atomic E-state index is 2.42. The van der Waals surface area contributed by atoms with Crippen molar-refractivity contribution in [3.05, 3.63) is 212 Å². The van der Waals surface area contributed by atoms with Gasteiger partial charge in [0.1, 0.15) is 0 Å². The summed E-state index contributed by atoms with van der Waals surface area (Å²) in [6.45, 7) is 0. The molecule has 0 spiro atoms. The first-order valence-corrected chi connectivity index (χ1v) is 19.2. The van der Waals surface area contributed by atoms with Gasteiger partial charge in [-0.2, -0.15) is 0 Å². The predicted molar refractivity (Wildman–Crippen MR) is 233 cm³/mol. The molecule has 0 N–H and O–H groups in total. The molecule has 0 saturated heterocycles. The number of thiophene rings is 1. The summed E-state index contributed by atoms with van der Waals surface area (Å²) >= 11 is 1.86. The van der Waals surface area contributed by atoms with Gasteiger partial charge in [0, 0.05) is 26.8 Å². The van der Waals surface area contributed by atoms with Crippen molar-refractivity contribution in [1.29, 1.82) is 0 Å². The molecule has 54 heavy (non-hydrogen) atoms. The highest BCUT2D eigenvalue weighted by Gasteiger charge is 2.20. The lowest BCUT2D eigenvalue weighted by molar-refractivity contribution is 1.30. The summed E-state index contributed by atoms with van der Waals surface area (Å²) in [5.74, 6) is 0. The predicted octanol–water partition coefficient (Wildman–Crippen LogP) is 15.3. The molecule has 10 rings (SSSR count). The Balaban J connectivity index is 1.14. The molecule has 0 atom stereocenters. The van der Waals surface area contributed by atoms with Gasteiger partial charge in [0.2, 0.25) is 0 Å². The summed E-state index contributed by atoms with van der Waals surface area (Å²) in [6, 6.07) is 77.1. The van der Waals surface area contributed by atoms with E-state index in [1.165, 1.54) is 81.1 Å². The third kappa shape index (κ3) is 5.65. The fourth-order valence-electron chi connectivity index (χ4n) is 7.93. The topological polar surface area (TPSA) is 3.24 Å². The highest BCUT2D eigenvalue weighted by molar-refractivity contribution is 7.26. The van der Waals surface area contributed by atoms with Gasteiger partial charge in [-0.3, -0.25) is 0 Å². The van der Waals surface area contributed by atoms with Gasteiger partial charge in [-0.15, -0.1) is 11.3 Å². The van der Waals surface area contributed by atoms with E-state index in [0.29, 0.717) is 0 Å². The first-order valence-electron chi connectivity index (χ1n) is 18.4. The number of anilines is 3. The molecule has 0 aliphatic rings. The van der Waals surface area contributed by atoms with Crippen LogP contribution in [-0.2, 0) is 0 Å². The summed E-state index contributed by atoms with van der Waals surface area (Å²) in [6.07, 6.45) is 0. The van der Waals surface area contributed by atoms with Gasteiger partial charge in [0.15, 0.2) is 0 Å². The molecule has 2 heteroatoms. The molecule has 0 saturated carbocycles. The molecule has 0 aliphatic carbocycles. The van der Waals surface area contributed by atoms with Crippen molar-refractivity contribution in [2.75, 3.05) is 4.90 Å². The van der Waals surface area contributed by atoms with Gasteiger partial charge in [-0.05, 0) is 91.7 Å².